The van der Waals surface area contributed by atoms with Gasteiger partial charge in [0.2, 0.25) is 0 Å². The molecule has 1 heterocycles. The zero-order valence-corrected chi connectivity index (χ0v) is 10.9. The molecule has 1 aromatic rings. The minimum atomic E-state index is -0.740. The van der Waals surface area contributed by atoms with Gasteiger partial charge in [0.25, 0.3) is 0 Å². The quantitative estimate of drug-likeness (QED) is 0.852. The van der Waals surface area contributed by atoms with Gasteiger partial charge < -0.3 is 15.3 Å². The van der Waals surface area contributed by atoms with Crippen LogP contribution in [0.25, 0.3) is 0 Å². The number of piperazine rings is 1. The molecule has 0 spiro atoms. The maximum atomic E-state index is 10.8. The van der Waals surface area contributed by atoms with Crippen LogP contribution in [0.15, 0.2) is 18.2 Å². The van der Waals surface area contributed by atoms with Gasteiger partial charge in [0.1, 0.15) is 0 Å². The second-order valence-corrected chi connectivity index (χ2v) is 4.91. The third-order valence-corrected chi connectivity index (χ3v) is 3.59. The molecule has 18 heavy (non-hydrogen) atoms. The van der Waals surface area contributed by atoms with E-state index in [0.717, 1.165) is 19.6 Å². The van der Waals surface area contributed by atoms with Crippen molar-refractivity contribution in [1.29, 1.82) is 0 Å². The predicted molar refractivity (Wildman–Crippen MR) is 72.2 cm³/mol. The normalized spacial score (nSPS) is 19.9. The molecule has 0 aliphatic carbocycles. The highest BCUT2D eigenvalue weighted by Crippen LogP contribution is 2.23. The van der Waals surface area contributed by atoms with Crippen molar-refractivity contribution >= 4 is 11.7 Å². The van der Waals surface area contributed by atoms with Crippen molar-refractivity contribution in [2.45, 2.75) is 26.3 Å². The van der Waals surface area contributed by atoms with E-state index in [9.17, 15) is 4.79 Å². The van der Waals surface area contributed by atoms with Gasteiger partial charge in [-0.1, -0.05) is 12.1 Å². The summed E-state index contributed by atoms with van der Waals surface area (Å²) in [5.74, 6) is -0.740. The molecule has 0 amide bonds. The van der Waals surface area contributed by atoms with E-state index in [1.54, 1.807) is 0 Å². The third kappa shape index (κ3) is 2.82. The second kappa shape index (κ2) is 5.40. The Labute approximate surface area is 108 Å². The van der Waals surface area contributed by atoms with Gasteiger partial charge in [-0.3, -0.25) is 4.79 Å². The van der Waals surface area contributed by atoms with Crippen molar-refractivity contribution in [2.75, 3.05) is 24.5 Å². The van der Waals surface area contributed by atoms with Crippen LogP contribution in [0, 0.1) is 13.8 Å². The summed E-state index contributed by atoms with van der Waals surface area (Å²) >= 11 is 0. The standard InChI is InChI=1S/C14H20N2O2/c1-10-4-3-5-13(11(10)2)16-7-6-15-12(9-16)8-14(17)18/h3-5,12,15H,6-9H2,1-2H3,(H,17,18). The largest absolute Gasteiger partial charge is 0.481 e. The van der Waals surface area contributed by atoms with Gasteiger partial charge in [0, 0.05) is 31.4 Å². The average molecular weight is 248 g/mol. The van der Waals surface area contributed by atoms with E-state index in [4.69, 9.17) is 5.11 Å². The van der Waals surface area contributed by atoms with Crippen molar-refractivity contribution in [3.05, 3.63) is 29.3 Å². The molecular formula is C14H20N2O2. The zero-order chi connectivity index (χ0) is 13.1. The van der Waals surface area contributed by atoms with Crippen LogP contribution >= 0.6 is 0 Å². The Hall–Kier alpha value is -1.55. The Kier molecular flexibility index (Phi) is 3.87. The molecule has 1 aliphatic rings. The Morgan fingerprint density at radius 1 is 1.50 bits per heavy atom. The monoisotopic (exact) mass is 248 g/mol. The number of rotatable bonds is 3. The van der Waals surface area contributed by atoms with Gasteiger partial charge in [-0.25, -0.2) is 0 Å². The molecule has 2 rings (SSSR count). The van der Waals surface area contributed by atoms with Crippen molar-refractivity contribution in [2.24, 2.45) is 0 Å². The van der Waals surface area contributed by atoms with Crippen LogP contribution < -0.4 is 10.2 Å². The molecule has 1 fully saturated rings. The maximum Gasteiger partial charge on any atom is 0.304 e. The van der Waals surface area contributed by atoms with E-state index < -0.39 is 5.97 Å². The lowest BCUT2D eigenvalue weighted by atomic mass is 10.0. The molecule has 0 aromatic heterocycles. The first-order valence-electron chi connectivity index (χ1n) is 6.34. The van der Waals surface area contributed by atoms with Crippen LogP contribution in [-0.2, 0) is 4.79 Å². The highest BCUT2D eigenvalue weighted by atomic mass is 16.4. The van der Waals surface area contributed by atoms with Crippen LogP contribution in [0.2, 0.25) is 0 Å². The molecule has 1 unspecified atom stereocenters. The van der Waals surface area contributed by atoms with Crippen molar-refractivity contribution in [1.82, 2.24) is 5.32 Å². The molecule has 1 aromatic carbocycles. The van der Waals surface area contributed by atoms with Crippen molar-refractivity contribution in [3.63, 3.8) is 0 Å². The number of aliphatic carboxylic acids is 1. The van der Waals surface area contributed by atoms with Gasteiger partial charge >= 0.3 is 5.97 Å². The summed E-state index contributed by atoms with van der Waals surface area (Å²) in [4.78, 5) is 13.1. The lowest BCUT2D eigenvalue weighted by molar-refractivity contribution is -0.137. The first-order chi connectivity index (χ1) is 8.58. The van der Waals surface area contributed by atoms with Crippen LogP contribution in [0.3, 0.4) is 0 Å². The Balaban J connectivity index is 2.13. The average Bonchev–Trinajstić information content (AvgIpc) is 2.32. The summed E-state index contributed by atoms with van der Waals surface area (Å²) < 4.78 is 0. The number of carboxylic acid groups (broad SMARTS) is 1. The SMILES string of the molecule is Cc1cccc(N2CCNC(CC(=O)O)C2)c1C. The number of hydrogen-bond acceptors (Lipinski definition) is 3. The van der Waals surface area contributed by atoms with Gasteiger partial charge in [0.05, 0.1) is 6.42 Å². The van der Waals surface area contributed by atoms with E-state index in [1.807, 2.05) is 0 Å². The third-order valence-electron chi connectivity index (χ3n) is 3.59. The number of nitrogens with zero attached hydrogens (tertiary/aromatic N) is 1. The molecule has 0 bridgehead atoms. The van der Waals surface area contributed by atoms with Crippen LogP contribution in [0.1, 0.15) is 17.5 Å². The van der Waals surface area contributed by atoms with E-state index in [2.05, 4.69) is 42.3 Å². The minimum Gasteiger partial charge on any atom is -0.481 e. The summed E-state index contributed by atoms with van der Waals surface area (Å²) in [5, 5.41) is 12.1. The molecule has 4 nitrogen and oxygen atoms in total. The molecule has 2 N–H and O–H groups in total. The lowest BCUT2D eigenvalue weighted by Gasteiger charge is -2.35. The van der Waals surface area contributed by atoms with Gasteiger partial charge in [-0.05, 0) is 31.0 Å². The second-order valence-electron chi connectivity index (χ2n) is 4.91. The van der Waals surface area contributed by atoms with Gasteiger partial charge in [-0.2, -0.15) is 0 Å². The smallest absolute Gasteiger partial charge is 0.304 e. The van der Waals surface area contributed by atoms with E-state index in [1.165, 1.54) is 16.8 Å². The molecule has 4 heteroatoms. The summed E-state index contributed by atoms with van der Waals surface area (Å²) in [5.41, 5.74) is 3.79. The number of hydrogen-bond donors (Lipinski definition) is 2. The number of nitrogens with one attached hydrogen (secondary N) is 1. The number of aryl methyl sites for hydroxylation is 1. The van der Waals surface area contributed by atoms with Crippen molar-refractivity contribution in [3.8, 4) is 0 Å². The number of carboxylic acids is 1. The molecule has 1 saturated heterocycles. The van der Waals surface area contributed by atoms with Crippen molar-refractivity contribution < 1.29 is 9.90 Å². The van der Waals surface area contributed by atoms with E-state index in [-0.39, 0.29) is 12.5 Å². The topological polar surface area (TPSA) is 52.6 Å². The Bertz CT molecular complexity index is 445. The van der Waals surface area contributed by atoms with E-state index >= 15 is 0 Å². The fourth-order valence-corrected chi connectivity index (χ4v) is 2.47. The summed E-state index contributed by atoms with van der Waals surface area (Å²) in [6.07, 6.45) is 0.182. The molecular weight excluding hydrogens is 228 g/mol. The zero-order valence-electron chi connectivity index (χ0n) is 10.9. The van der Waals surface area contributed by atoms with E-state index in [0.29, 0.717) is 0 Å². The Morgan fingerprint density at radius 2 is 2.28 bits per heavy atom. The predicted octanol–water partition coefficient (Wildman–Crippen LogP) is 1.56. The first kappa shape index (κ1) is 12.9. The van der Waals surface area contributed by atoms with Crippen LogP contribution in [-0.4, -0.2) is 36.8 Å². The molecule has 0 radical (unpaired) electrons. The number of anilines is 1. The summed E-state index contributed by atoms with van der Waals surface area (Å²) in [6, 6.07) is 6.32. The highest BCUT2D eigenvalue weighted by molar-refractivity contribution is 5.68. The summed E-state index contributed by atoms with van der Waals surface area (Å²) in [6.45, 7) is 6.76. The fraction of sp³-hybridized carbons (Fsp3) is 0.500. The van der Waals surface area contributed by atoms with Gasteiger partial charge in [-0.15, -0.1) is 0 Å². The Morgan fingerprint density at radius 3 is 3.00 bits per heavy atom. The highest BCUT2D eigenvalue weighted by Gasteiger charge is 2.22. The first-order valence-corrected chi connectivity index (χ1v) is 6.34. The van der Waals surface area contributed by atoms with Crippen LogP contribution in [0.4, 0.5) is 5.69 Å². The number of benzene rings is 1. The fourth-order valence-electron chi connectivity index (χ4n) is 2.47. The van der Waals surface area contributed by atoms with Crippen LogP contribution in [0.5, 0.6) is 0 Å². The molecule has 0 saturated carbocycles. The molecule has 1 aliphatic heterocycles. The maximum absolute atomic E-state index is 10.8. The number of carbonyl (C=O) groups is 1. The molecule has 1 atom stereocenters. The van der Waals surface area contributed by atoms with Gasteiger partial charge in [0.15, 0.2) is 0 Å². The molecule has 98 valence electrons. The lowest BCUT2D eigenvalue weighted by Crippen LogP contribution is -2.51. The summed E-state index contributed by atoms with van der Waals surface area (Å²) in [7, 11) is 0. The minimum absolute atomic E-state index is 0.0381.